The Kier molecular flexibility index (Phi) is 7.66. The average molecular weight is 335 g/mol. The van der Waals surface area contributed by atoms with E-state index in [1.807, 2.05) is 24.3 Å². The van der Waals surface area contributed by atoms with E-state index in [0.717, 1.165) is 44.0 Å². The van der Waals surface area contributed by atoms with Crippen LogP contribution in [0.1, 0.15) is 64.4 Å². The van der Waals surface area contributed by atoms with E-state index >= 15 is 0 Å². The number of hydrogen-bond donors (Lipinski definition) is 0. The summed E-state index contributed by atoms with van der Waals surface area (Å²) < 4.78 is 0. The number of rotatable bonds is 8. The van der Waals surface area contributed by atoms with E-state index in [2.05, 4.69) is 51.1 Å². The molecule has 0 radical (unpaired) electrons. The van der Waals surface area contributed by atoms with Gasteiger partial charge < -0.3 is 0 Å². The molecule has 0 N–H and O–H groups in total. The summed E-state index contributed by atoms with van der Waals surface area (Å²) in [7, 11) is 0. The predicted molar refractivity (Wildman–Crippen MR) is 108 cm³/mol. The Bertz CT molecular complexity index is 682. The van der Waals surface area contributed by atoms with Gasteiger partial charge >= 0.3 is 0 Å². The lowest BCUT2D eigenvalue weighted by Crippen LogP contribution is -2.08. The fourth-order valence-electron chi connectivity index (χ4n) is 3.28. The third-order valence-electron chi connectivity index (χ3n) is 4.77. The van der Waals surface area contributed by atoms with Crippen LogP contribution in [0.5, 0.6) is 0 Å². The average Bonchev–Trinajstić information content (AvgIpc) is 2.62. The molecule has 0 fully saturated rings. The summed E-state index contributed by atoms with van der Waals surface area (Å²) in [5, 5.41) is 0. The highest BCUT2D eigenvalue weighted by Crippen LogP contribution is 2.34. The van der Waals surface area contributed by atoms with Gasteiger partial charge in [-0.05, 0) is 64.0 Å². The largest absolute Gasteiger partial charge is 0.298 e. The van der Waals surface area contributed by atoms with Gasteiger partial charge in [-0.1, -0.05) is 71.4 Å². The van der Waals surface area contributed by atoms with E-state index < -0.39 is 0 Å². The summed E-state index contributed by atoms with van der Waals surface area (Å²) in [5.74, 6) is 0.210. The van der Waals surface area contributed by atoms with E-state index in [4.69, 9.17) is 0 Å². The molecule has 1 heteroatoms. The van der Waals surface area contributed by atoms with Gasteiger partial charge in [0.05, 0.1) is 0 Å². The van der Waals surface area contributed by atoms with Crippen LogP contribution in [-0.2, 0) is 4.79 Å². The minimum Gasteiger partial charge on any atom is -0.298 e. The first-order chi connectivity index (χ1) is 12.1. The quantitative estimate of drug-likeness (QED) is 0.382. The Labute approximate surface area is 152 Å². The summed E-state index contributed by atoms with van der Waals surface area (Å²) in [6.45, 7) is 6.53. The second kappa shape index (κ2) is 9.98. The summed E-state index contributed by atoms with van der Waals surface area (Å²) in [5.41, 5.74) is 6.43. The van der Waals surface area contributed by atoms with Gasteiger partial charge in [-0.2, -0.15) is 0 Å². The lowest BCUT2D eigenvalue weighted by Gasteiger charge is -2.22. The minimum absolute atomic E-state index is 0.210. The van der Waals surface area contributed by atoms with E-state index in [-0.39, 0.29) is 5.92 Å². The first kappa shape index (κ1) is 19.2. The Morgan fingerprint density at radius 1 is 1.04 bits per heavy atom. The lowest BCUT2D eigenvalue weighted by atomic mass is 9.81. The number of allylic oxidation sites excluding steroid dienone is 8. The van der Waals surface area contributed by atoms with Crippen molar-refractivity contribution in [2.45, 2.75) is 58.8 Å². The zero-order valence-electron chi connectivity index (χ0n) is 15.8. The van der Waals surface area contributed by atoms with Crippen molar-refractivity contribution in [2.24, 2.45) is 0 Å². The van der Waals surface area contributed by atoms with Crippen LogP contribution < -0.4 is 0 Å². The minimum atomic E-state index is 0.210. The normalized spacial score (nSPS) is 17.6. The summed E-state index contributed by atoms with van der Waals surface area (Å²) in [6.07, 6.45) is 15.2. The van der Waals surface area contributed by atoms with Crippen LogP contribution in [0.15, 0.2) is 76.9 Å². The highest BCUT2D eigenvalue weighted by molar-refractivity contribution is 5.77. The summed E-state index contributed by atoms with van der Waals surface area (Å²) in [6, 6.07) is 10.4. The van der Waals surface area contributed by atoms with Crippen molar-refractivity contribution in [1.82, 2.24) is 0 Å². The summed E-state index contributed by atoms with van der Waals surface area (Å²) in [4.78, 5) is 11.4. The first-order valence-corrected chi connectivity index (χ1v) is 9.29. The molecule has 0 saturated carbocycles. The number of hydrogen-bond acceptors (Lipinski definition) is 1. The molecule has 132 valence electrons. The molecular formula is C24H30O. The highest BCUT2D eigenvalue weighted by Gasteiger charge is 2.20. The summed E-state index contributed by atoms with van der Waals surface area (Å²) >= 11 is 0. The first-order valence-electron chi connectivity index (χ1n) is 9.29. The van der Waals surface area contributed by atoms with Gasteiger partial charge in [-0.3, -0.25) is 4.79 Å². The van der Waals surface area contributed by atoms with Crippen molar-refractivity contribution in [3.63, 3.8) is 0 Å². The molecule has 1 unspecified atom stereocenters. The van der Waals surface area contributed by atoms with Crippen LogP contribution in [-0.4, -0.2) is 6.29 Å². The second-order valence-electron chi connectivity index (χ2n) is 7.19. The molecule has 1 atom stereocenters. The zero-order chi connectivity index (χ0) is 18.1. The molecular weight excluding hydrogens is 304 g/mol. The Morgan fingerprint density at radius 2 is 1.80 bits per heavy atom. The SMILES string of the molecule is CC(C)=CCC/C(C)=C/CCC1=CC=C(C=O)C(c2ccccc2)C1. The maximum absolute atomic E-state index is 11.4. The molecule has 1 aromatic carbocycles. The molecule has 2 rings (SSSR count). The molecule has 1 aromatic rings. The van der Waals surface area contributed by atoms with Crippen molar-refractivity contribution < 1.29 is 4.79 Å². The van der Waals surface area contributed by atoms with Crippen molar-refractivity contribution in [2.75, 3.05) is 0 Å². The molecule has 0 aliphatic heterocycles. The highest BCUT2D eigenvalue weighted by atomic mass is 16.1. The number of benzene rings is 1. The Hall–Kier alpha value is -2.15. The third kappa shape index (κ3) is 6.34. The van der Waals surface area contributed by atoms with Crippen LogP contribution in [0.2, 0.25) is 0 Å². The Morgan fingerprint density at radius 3 is 2.48 bits per heavy atom. The molecule has 1 aliphatic carbocycles. The van der Waals surface area contributed by atoms with Gasteiger partial charge in [0.1, 0.15) is 6.29 Å². The van der Waals surface area contributed by atoms with Crippen LogP contribution in [0, 0.1) is 0 Å². The molecule has 25 heavy (non-hydrogen) atoms. The van der Waals surface area contributed by atoms with E-state index in [9.17, 15) is 4.79 Å². The molecule has 1 aliphatic rings. The smallest absolute Gasteiger partial charge is 0.146 e. The monoisotopic (exact) mass is 334 g/mol. The van der Waals surface area contributed by atoms with Gasteiger partial charge in [0.2, 0.25) is 0 Å². The molecule has 0 saturated heterocycles. The Balaban J connectivity index is 1.92. The zero-order valence-corrected chi connectivity index (χ0v) is 15.8. The van der Waals surface area contributed by atoms with Crippen LogP contribution in [0.3, 0.4) is 0 Å². The number of carbonyl (C=O) groups is 1. The van der Waals surface area contributed by atoms with Crippen LogP contribution >= 0.6 is 0 Å². The van der Waals surface area contributed by atoms with Gasteiger partial charge in [0.25, 0.3) is 0 Å². The van der Waals surface area contributed by atoms with Gasteiger partial charge in [0, 0.05) is 5.92 Å². The van der Waals surface area contributed by atoms with Gasteiger partial charge in [-0.15, -0.1) is 0 Å². The predicted octanol–water partition coefficient (Wildman–Crippen LogP) is 6.70. The molecule has 0 bridgehead atoms. The lowest BCUT2D eigenvalue weighted by molar-refractivity contribution is -0.105. The maximum Gasteiger partial charge on any atom is 0.146 e. The molecule has 0 heterocycles. The molecule has 1 nitrogen and oxygen atoms in total. The van der Waals surface area contributed by atoms with Crippen molar-refractivity contribution in [3.05, 3.63) is 82.5 Å². The van der Waals surface area contributed by atoms with Crippen LogP contribution in [0.4, 0.5) is 0 Å². The van der Waals surface area contributed by atoms with Gasteiger partial charge in [-0.25, -0.2) is 0 Å². The standard InChI is InChI=1S/C24H30O/c1-19(2)9-7-10-20(3)11-8-12-21-15-16-23(18-25)24(17-21)22-13-5-4-6-14-22/h4-6,9,11,13-16,18,24H,7-8,10,12,17H2,1-3H3/b20-11+. The number of carbonyl (C=O) groups excluding carboxylic acids is 1. The van der Waals surface area contributed by atoms with E-state index in [1.165, 1.54) is 22.3 Å². The molecule has 0 amide bonds. The topological polar surface area (TPSA) is 17.1 Å². The maximum atomic E-state index is 11.4. The molecule has 0 aromatic heterocycles. The number of aldehydes is 1. The van der Waals surface area contributed by atoms with Gasteiger partial charge in [0.15, 0.2) is 0 Å². The third-order valence-corrected chi connectivity index (χ3v) is 4.77. The molecule has 0 spiro atoms. The van der Waals surface area contributed by atoms with Crippen molar-refractivity contribution in [3.8, 4) is 0 Å². The van der Waals surface area contributed by atoms with Crippen LogP contribution in [0.25, 0.3) is 0 Å². The van der Waals surface area contributed by atoms with Crippen molar-refractivity contribution >= 4 is 6.29 Å². The fraction of sp³-hybridized carbons (Fsp3) is 0.375. The van der Waals surface area contributed by atoms with E-state index in [0.29, 0.717) is 0 Å². The van der Waals surface area contributed by atoms with E-state index in [1.54, 1.807) is 0 Å². The second-order valence-corrected chi connectivity index (χ2v) is 7.19. The fourth-order valence-corrected chi connectivity index (χ4v) is 3.28. The van der Waals surface area contributed by atoms with Crippen molar-refractivity contribution in [1.29, 1.82) is 0 Å².